The molecular weight excluding hydrogens is 290 g/mol. The molecular formula is C17H15N5O. The van der Waals surface area contributed by atoms with Gasteiger partial charge in [-0.1, -0.05) is 24.3 Å². The maximum Gasteiger partial charge on any atom is 0.151 e. The highest BCUT2D eigenvalue weighted by molar-refractivity contribution is 5.69. The third kappa shape index (κ3) is 4.01. The summed E-state index contributed by atoms with van der Waals surface area (Å²) in [5, 5.41) is 17.7. The van der Waals surface area contributed by atoms with Crippen LogP contribution in [0.25, 0.3) is 5.70 Å². The lowest BCUT2D eigenvalue weighted by atomic mass is 10.1. The van der Waals surface area contributed by atoms with Gasteiger partial charge in [0.15, 0.2) is 5.70 Å². The molecule has 6 nitrogen and oxygen atoms in total. The van der Waals surface area contributed by atoms with Crippen molar-refractivity contribution < 1.29 is 4.74 Å². The first-order valence-corrected chi connectivity index (χ1v) is 6.76. The van der Waals surface area contributed by atoms with Crippen molar-refractivity contribution in [3.05, 3.63) is 70.9 Å². The van der Waals surface area contributed by atoms with Crippen LogP contribution in [0.5, 0.6) is 5.75 Å². The summed E-state index contributed by atoms with van der Waals surface area (Å²) in [6.45, 7) is 0.360. The number of hydrogen-bond acceptors (Lipinski definition) is 6. The first kappa shape index (κ1) is 15.9. The number of nitrogens with two attached hydrogens (primary N) is 2. The molecule has 0 radical (unpaired) electrons. The molecule has 5 N–H and O–H groups in total. The number of benzene rings is 2. The lowest BCUT2D eigenvalue weighted by Crippen LogP contribution is -2.23. The van der Waals surface area contributed by atoms with Gasteiger partial charge in [-0.15, -0.1) is 0 Å². The lowest BCUT2D eigenvalue weighted by Gasteiger charge is -2.09. The number of nitrogens with zero attached hydrogens (tertiary/aromatic N) is 2. The summed E-state index contributed by atoms with van der Waals surface area (Å²) in [4.78, 5) is 0. The molecule has 0 amide bonds. The fourth-order valence-corrected chi connectivity index (χ4v) is 1.91. The molecule has 0 aliphatic rings. The van der Waals surface area contributed by atoms with Crippen LogP contribution < -0.4 is 21.7 Å². The van der Waals surface area contributed by atoms with E-state index in [0.29, 0.717) is 23.5 Å². The first-order valence-electron chi connectivity index (χ1n) is 6.76. The smallest absolute Gasteiger partial charge is 0.151 e. The second kappa shape index (κ2) is 7.51. The van der Waals surface area contributed by atoms with E-state index in [1.54, 1.807) is 36.4 Å². The van der Waals surface area contributed by atoms with E-state index in [4.69, 9.17) is 26.8 Å². The maximum atomic E-state index is 8.94. The average molecular weight is 305 g/mol. The highest BCUT2D eigenvalue weighted by Crippen LogP contribution is 2.20. The van der Waals surface area contributed by atoms with Gasteiger partial charge in [0.25, 0.3) is 0 Å². The third-order valence-electron chi connectivity index (χ3n) is 3.16. The number of nitriles is 2. The fraction of sp³-hybridized carbons (Fsp3) is 0.0588. The summed E-state index contributed by atoms with van der Waals surface area (Å²) in [6, 6.07) is 18.2. The van der Waals surface area contributed by atoms with Gasteiger partial charge in [-0.25, -0.2) is 5.84 Å². The van der Waals surface area contributed by atoms with E-state index >= 15 is 0 Å². The summed E-state index contributed by atoms with van der Waals surface area (Å²) in [7, 11) is 0. The summed E-state index contributed by atoms with van der Waals surface area (Å²) >= 11 is 0. The molecule has 2 aromatic carbocycles. The van der Waals surface area contributed by atoms with Crippen molar-refractivity contribution in [2.45, 2.75) is 6.61 Å². The quantitative estimate of drug-likeness (QED) is 0.439. The zero-order valence-electron chi connectivity index (χ0n) is 12.3. The highest BCUT2D eigenvalue weighted by atomic mass is 16.5. The molecule has 0 bridgehead atoms. The zero-order chi connectivity index (χ0) is 16.7. The standard InChI is InChI=1S/C17H15N5O/c18-9-12-4-6-13(7-5-12)11-23-15-3-1-2-14(8-15)17(20)16(10-19)22-21/h1-8,22H,11,20-21H2/b17-16-. The molecule has 0 spiro atoms. The largest absolute Gasteiger partial charge is 0.489 e. The molecule has 2 rings (SSSR count). The third-order valence-corrected chi connectivity index (χ3v) is 3.16. The van der Waals surface area contributed by atoms with Crippen molar-refractivity contribution in [2.24, 2.45) is 11.6 Å². The van der Waals surface area contributed by atoms with Gasteiger partial charge in [0.1, 0.15) is 18.4 Å². The Labute approximate surface area is 134 Å². The van der Waals surface area contributed by atoms with Crippen LogP contribution in [0.4, 0.5) is 0 Å². The highest BCUT2D eigenvalue weighted by Gasteiger charge is 2.06. The Morgan fingerprint density at radius 3 is 2.48 bits per heavy atom. The van der Waals surface area contributed by atoms with Gasteiger partial charge in [-0.2, -0.15) is 10.5 Å². The van der Waals surface area contributed by atoms with Gasteiger partial charge < -0.3 is 15.9 Å². The van der Waals surface area contributed by atoms with E-state index in [0.717, 1.165) is 5.56 Å². The Morgan fingerprint density at radius 2 is 1.87 bits per heavy atom. The summed E-state index contributed by atoms with van der Waals surface area (Å²) in [5.74, 6) is 5.87. The molecule has 0 aliphatic heterocycles. The Morgan fingerprint density at radius 1 is 1.13 bits per heavy atom. The number of nitrogens with one attached hydrogen (secondary N) is 1. The number of hydrazine groups is 1. The predicted molar refractivity (Wildman–Crippen MR) is 86.0 cm³/mol. The van der Waals surface area contributed by atoms with Gasteiger partial charge in [-0.05, 0) is 29.8 Å². The summed E-state index contributed by atoms with van der Waals surface area (Å²) < 4.78 is 5.71. The van der Waals surface area contributed by atoms with E-state index in [9.17, 15) is 0 Å². The number of rotatable bonds is 5. The molecule has 2 aromatic rings. The average Bonchev–Trinajstić information content (AvgIpc) is 2.61. The predicted octanol–water partition coefficient (Wildman–Crippen LogP) is 1.75. The van der Waals surface area contributed by atoms with Crippen LogP contribution in [0, 0.1) is 22.7 Å². The molecule has 0 unspecified atom stereocenters. The molecule has 6 heteroatoms. The zero-order valence-corrected chi connectivity index (χ0v) is 12.3. The van der Waals surface area contributed by atoms with Gasteiger partial charge >= 0.3 is 0 Å². The van der Waals surface area contributed by atoms with Gasteiger partial charge in [-0.3, -0.25) is 0 Å². The molecule has 0 heterocycles. The Kier molecular flexibility index (Phi) is 5.19. The van der Waals surface area contributed by atoms with Crippen molar-refractivity contribution >= 4 is 5.70 Å². The molecule has 0 aromatic heterocycles. The van der Waals surface area contributed by atoms with E-state index in [1.165, 1.54) is 0 Å². The van der Waals surface area contributed by atoms with Crippen molar-refractivity contribution in [3.63, 3.8) is 0 Å². The Hall–Kier alpha value is -3.48. The fourth-order valence-electron chi connectivity index (χ4n) is 1.91. The minimum absolute atomic E-state index is 0.0919. The van der Waals surface area contributed by atoms with Gasteiger partial charge in [0.05, 0.1) is 17.3 Å². The number of allylic oxidation sites excluding steroid dienone is 1. The van der Waals surface area contributed by atoms with Crippen LogP contribution in [0.1, 0.15) is 16.7 Å². The van der Waals surface area contributed by atoms with Crippen LogP contribution in [0.3, 0.4) is 0 Å². The van der Waals surface area contributed by atoms with Crippen LogP contribution >= 0.6 is 0 Å². The van der Waals surface area contributed by atoms with E-state index in [-0.39, 0.29) is 11.4 Å². The number of hydrogen-bond donors (Lipinski definition) is 3. The molecule has 114 valence electrons. The van der Waals surface area contributed by atoms with Crippen molar-refractivity contribution in [2.75, 3.05) is 0 Å². The van der Waals surface area contributed by atoms with Crippen molar-refractivity contribution in [1.29, 1.82) is 10.5 Å². The van der Waals surface area contributed by atoms with E-state index < -0.39 is 0 Å². The summed E-state index contributed by atoms with van der Waals surface area (Å²) in [5.41, 5.74) is 10.7. The molecule has 23 heavy (non-hydrogen) atoms. The molecule has 0 saturated carbocycles. The normalized spacial score (nSPS) is 10.9. The second-order valence-corrected chi connectivity index (χ2v) is 4.67. The maximum absolute atomic E-state index is 8.94. The van der Waals surface area contributed by atoms with E-state index in [2.05, 4.69) is 11.5 Å². The van der Waals surface area contributed by atoms with Gasteiger partial charge in [0.2, 0.25) is 0 Å². The minimum atomic E-state index is 0.0919. The van der Waals surface area contributed by atoms with Crippen LogP contribution in [0.15, 0.2) is 54.2 Å². The van der Waals surface area contributed by atoms with Crippen molar-refractivity contribution in [1.82, 2.24) is 5.43 Å². The SMILES string of the molecule is N#C/C(NN)=C(/N)c1cccc(OCc2ccc(C#N)cc2)c1. The Balaban J connectivity index is 2.13. The van der Waals surface area contributed by atoms with Crippen LogP contribution in [-0.4, -0.2) is 0 Å². The minimum Gasteiger partial charge on any atom is -0.489 e. The molecule has 0 fully saturated rings. The first-order chi connectivity index (χ1) is 11.2. The molecule has 0 saturated heterocycles. The second-order valence-electron chi connectivity index (χ2n) is 4.67. The van der Waals surface area contributed by atoms with Crippen LogP contribution in [-0.2, 0) is 6.61 Å². The monoisotopic (exact) mass is 305 g/mol. The van der Waals surface area contributed by atoms with Crippen LogP contribution in [0.2, 0.25) is 0 Å². The molecule has 0 atom stereocenters. The lowest BCUT2D eigenvalue weighted by molar-refractivity contribution is 0.306. The van der Waals surface area contributed by atoms with Crippen molar-refractivity contribution in [3.8, 4) is 17.9 Å². The topological polar surface area (TPSA) is 121 Å². The molecule has 0 aliphatic carbocycles. The van der Waals surface area contributed by atoms with Gasteiger partial charge in [0, 0.05) is 5.56 Å². The summed E-state index contributed by atoms with van der Waals surface area (Å²) in [6.07, 6.45) is 0. The van der Waals surface area contributed by atoms with E-state index in [1.807, 2.05) is 18.2 Å². The Bertz CT molecular complexity index is 797. The number of ether oxygens (including phenoxy) is 1.